The van der Waals surface area contributed by atoms with Crippen molar-refractivity contribution in [2.75, 3.05) is 18.0 Å². The lowest BCUT2D eigenvalue weighted by Gasteiger charge is -2.33. The molecule has 4 aromatic rings. The van der Waals surface area contributed by atoms with Gasteiger partial charge in [0.05, 0.1) is 16.8 Å². The molecule has 1 aromatic heterocycles. The first-order chi connectivity index (χ1) is 17.7. The van der Waals surface area contributed by atoms with Gasteiger partial charge in [-0.15, -0.1) is 0 Å². The van der Waals surface area contributed by atoms with Crippen molar-refractivity contribution < 1.29 is 22.0 Å². The molecular weight excluding hydrogens is 516 g/mol. The molecule has 3 aromatic carbocycles. The summed E-state index contributed by atoms with van der Waals surface area (Å²) in [6.45, 7) is 2.39. The van der Waals surface area contributed by atoms with Crippen molar-refractivity contribution in [2.45, 2.75) is 31.2 Å². The van der Waals surface area contributed by atoms with Crippen LogP contribution in [-0.4, -0.2) is 36.7 Å². The first kappa shape index (κ1) is 25.4. The van der Waals surface area contributed by atoms with Gasteiger partial charge >= 0.3 is 0 Å². The van der Waals surface area contributed by atoms with Crippen molar-refractivity contribution in [1.82, 2.24) is 9.29 Å². The Labute approximate surface area is 218 Å². The number of hydrogen-bond donors (Lipinski definition) is 0. The third-order valence-electron chi connectivity index (χ3n) is 6.60. The van der Waals surface area contributed by atoms with E-state index < -0.39 is 32.5 Å². The Hall–Kier alpha value is -3.21. The van der Waals surface area contributed by atoms with Gasteiger partial charge in [0.1, 0.15) is 16.5 Å². The average molecular weight is 542 g/mol. The number of carbonyl (C=O) groups is 1. The number of rotatable bonds is 6. The van der Waals surface area contributed by atoms with Gasteiger partial charge in [-0.1, -0.05) is 53.8 Å². The van der Waals surface area contributed by atoms with Crippen molar-refractivity contribution >= 4 is 42.6 Å². The summed E-state index contributed by atoms with van der Waals surface area (Å²) in [4.78, 5) is 19.6. The van der Waals surface area contributed by atoms with Crippen molar-refractivity contribution in [1.29, 1.82) is 0 Å². The van der Waals surface area contributed by atoms with Crippen LogP contribution in [0.4, 0.5) is 13.9 Å². The van der Waals surface area contributed by atoms with E-state index in [1.54, 1.807) is 4.90 Å². The van der Waals surface area contributed by atoms with Crippen molar-refractivity contribution in [3.63, 3.8) is 0 Å². The topological polar surface area (TPSA) is 70.6 Å². The van der Waals surface area contributed by atoms with Crippen molar-refractivity contribution in [2.24, 2.45) is 5.92 Å². The molecule has 0 saturated carbocycles. The zero-order chi connectivity index (χ0) is 26.2. The molecule has 1 aliphatic heterocycles. The monoisotopic (exact) mass is 541 g/mol. The molecule has 0 radical (unpaired) electrons. The van der Waals surface area contributed by atoms with Gasteiger partial charge in [-0.2, -0.15) is 4.31 Å². The SMILES string of the molecule is Cc1cccc2sc(N(Cc3ccccc3)C(=O)C3CCN(S(=O)(=O)c4cc(F)ccc4F)CC3)nc12. The number of fused-ring (bicyclic) bond motifs is 1. The second-order valence-corrected chi connectivity index (χ2v) is 12.0. The Bertz CT molecular complexity index is 1550. The molecule has 1 amide bonds. The van der Waals surface area contributed by atoms with E-state index in [9.17, 15) is 22.0 Å². The summed E-state index contributed by atoms with van der Waals surface area (Å²) in [6, 6.07) is 17.9. The number of carbonyl (C=O) groups excluding carboxylic acids is 1. The number of aromatic nitrogens is 1. The van der Waals surface area contributed by atoms with Crippen LogP contribution in [0.5, 0.6) is 0 Å². The lowest BCUT2D eigenvalue weighted by Crippen LogP contribution is -2.44. The van der Waals surface area contributed by atoms with Gasteiger partial charge in [-0.3, -0.25) is 9.69 Å². The van der Waals surface area contributed by atoms with Gasteiger partial charge in [0.2, 0.25) is 15.9 Å². The highest BCUT2D eigenvalue weighted by Gasteiger charge is 2.36. The van der Waals surface area contributed by atoms with Crippen LogP contribution in [0.2, 0.25) is 0 Å². The molecule has 0 N–H and O–H groups in total. The zero-order valence-corrected chi connectivity index (χ0v) is 21.7. The van der Waals surface area contributed by atoms with Crippen molar-refractivity contribution in [3.05, 3.63) is 89.5 Å². The molecule has 2 heterocycles. The number of amides is 1. The van der Waals surface area contributed by atoms with Crippen LogP contribution in [0.25, 0.3) is 10.2 Å². The maximum Gasteiger partial charge on any atom is 0.246 e. The summed E-state index contributed by atoms with van der Waals surface area (Å²) in [6.07, 6.45) is 0.536. The van der Waals surface area contributed by atoms with Gasteiger partial charge in [-0.25, -0.2) is 22.2 Å². The second-order valence-electron chi connectivity index (χ2n) is 9.08. The fourth-order valence-electron chi connectivity index (χ4n) is 4.57. The molecule has 1 saturated heterocycles. The van der Waals surface area contributed by atoms with E-state index in [1.165, 1.54) is 11.3 Å². The summed E-state index contributed by atoms with van der Waals surface area (Å²) in [5, 5.41) is 0.593. The first-order valence-corrected chi connectivity index (χ1v) is 14.2. The highest BCUT2D eigenvalue weighted by atomic mass is 32.2. The maximum atomic E-state index is 14.2. The number of para-hydroxylation sites is 1. The smallest absolute Gasteiger partial charge is 0.246 e. The molecule has 1 aliphatic rings. The highest BCUT2D eigenvalue weighted by Crippen LogP contribution is 2.34. The Kier molecular flexibility index (Phi) is 7.06. The lowest BCUT2D eigenvalue weighted by atomic mass is 9.96. The molecule has 0 aliphatic carbocycles. The van der Waals surface area contributed by atoms with Crippen LogP contribution in [0.1, 0.15) is 24.0 Å². The van der Waals surface area contributed by atoms with Gasteiger partial charge in [-0.05, 0) is 55.2 Å². The number of piperidine rings is 1. The third kappa shape index (κ3) is 5.14. The summed E-state index contributed by atoms with van der Waals surface area (Å²) in [5.74, 6) is -2.39. The van der Waals surface area contributed by atoms with Gasteiger partial charge in [0.15, 0.2) is 5.13 Å². The molecule has 6 nitrogen and oxygen atoms in total. The fourth-order valence-corrected chi connectivity index (χ4v) is 7.17. The van der Waals surface area contributed by atoms with E-state index in [0.29, 0.717) is 17.7 Å². The molecule has 0 bridgehead atoms. The van der Waals surface area contributed by atoms with E-state index in [0.717, 1.165) is 37.8 Å². The summed E-state index contributed by atoms with van der Waals surface area (Å²) in [5.41, 5.74) is 2.83. The van der Waals surface area contributed by atoms with E-state index >= 15 is 0 Å². The molecular formula is C27H25F2N3O3S2. The summed E-state index contributed by atoms with van der Waals surface area (Å²) < 4.78 is 55.9. The minimum absolute atomic E-state index is 0.0345. The molecule has 1 fully saturated rings. The number of nitrogens with zero attached hydrogens (tertiary/aromatic N) is 3. The van der Waals surface area contributed by atoms with Crippen LogP contribution in [0, 0.1) is 24.5 Å². The van der Waals surface area contributed by atoms with Crippen LogP contribution in [-0.2, 0) is 21.4 Å². The number of anilines is 1. The number of benzene rings is 3. The zero-order valence-electron chi connectivity index (χ0n) is 20.1. The van der Waals surface area contributed by atoms with Crippen molar-refractivity contribution in [3.8, 4) is 0 Å². The van der Waals surface area contributed by atoms with Crippen LogP contribution >= 0.6 is 11.3 Å². The van der Waals surface area contributed by atoms with E-state index in [4.69, 9.17) is 4.98 Å². The van der Waals surface area contributed by atoms with E-state index in [-0.39, 0.29) is 31.8 Å². The highest BCUT2D eigenvalue weighted by molar-refractivity contribution is 7.89. The Morgan fingerprint density at radius 2 is 1.78 bits per heavy atom. The average Bonchev–Trinajstić information content (AvgIpc) is 3.34. The van der Waals surface area contributed by atoms with Gasteiger partial charge in [0.25, 0.3) is 0 Å². The summed E-state index contributed by atoms with van der Waals surface area (Å²) in [7, 11) is -4.22. The predicted octanol–water partition coefficient (Wildman–Crippen LogP) is 5.52. The number of hydrogen-bond acceptors (Lipinski definition) is 5. The Morgan fingerprint density at radius 1 is 1.05 bits per heavy atom. The van der Waals surface area contributed by atoms with Gasteiger partial charge in [0, 0.05) is 19.0 Å². The van der Waals surface area contributed by atoms with E-state index in [1.807, 2.05) is 55.5 Å². The van der Waals surface area contributed by atoms with E-state index in [2.05, 4.69) is 0 Å². The number of aryl methyl sites for hydroxylation is 1. The normalized spacial score (nSPS) is 15.2. The molecule has 10 heteroatoms. The van der Waals surface area contributed by atoms with Crippen LogP contribution < -0.4 is 4.90 Å². The molecule has 0 spiro atoms. The molecule has 5 rings (SSSR count). The molecule has 192 valence electrons. The fraction of sp³-hybridized carbons (Fsp3) is 0.259. The minimum atomic E-state index is -4.22. The van der Waals surface area contributed by atoms with Gasteiger partial charge < -0.3 is 0 Å². The van der Waals surface area contributed by atoms with Crippen LogP contribution in [0.15, 0.2) is 71.6 Å². The van der Waals surface area contributed by atoms with Crippen LogP contribution in [0.3, 0.4) is 0 Å². The Balaban J connectivity index is 1.38. The third-order valence-corrected chi connectivity index (χ3v) is 9.56. The first-order valence-electron chi connectivity index (χ1n) is 11.9. The molecule has 37 heavy (non-hydrogen) atoms. The second kappa shape index (κ2) is 10.3. The lowest BCUT2D eigenvalue weighted by molar-refractivity contribution is -0.123. The molecule has 0 atom stereocenters. The largest absolute Gasteiger partial charge is 0.283 e. The molecule has 0 unspecified atom stereocenters. The predicted molar refractivity (Wildman–Crippen MR) is 140 cm³/mol. The minimum Gasteiger partial charge on any atom is -0.283 e. The summed E-state index contributed by atoms with van der Waals surface area (Å²) >= 11 is 1.45. The quantitative estimate of drug-likeness (QED) is 0.323. The standard InChI is InChI=1S/C27H25F2N3O3S2/c1-18-6-5-9-23-25(18)30-27(36-23)32(17-19-7-3-2-4-8-19)26(33)20-12-14-31(15-13-20)37(34,35)24-16-21(28)10-11-22(24)29/h2-11,16,20H,12-15,17H2,1H3. The number of halogens is 2. The number of thiazole rings is 1. The number of sulfonamides is 1. The Morgan fingerprint density at radius 3 is 2.49 bits per heavy atom. The maximum absolute atomic E-state index is 14.2.